The van der Waals surface area contributed by atoms with Crippen LogP contribution in [0.15, 0.2) is 6.33 Å². The van der Waals surface area contributed by atoms with Crippen LogP contribution >= 0.6 is 11.3 Å². The zero-order chi connectivity index (χ0) is 18.7. The summed E-state index contributed by atoms with van der Waals surface area (Å²) in [7, 11) is 0. The van der Waals surface area contributed by atoms with Gasteiger partial charge in [0.15, 0.2) is 0 Å². The van der Waals surface area contributed by atoms with E-state index in [1.807, 2.05) is 20.8 Å². The Kier molecular flexibility index (Phi) is 6.09. The van der Waals surface area contributed by atoms with Crippen molar-refractivity contribution in [3.8, 4) is 0 Å². The highest BCUT2D eigenvalue weighted by molar-refractivity contribution is 7.20. The normalized spacial score (nSPS) is 17.9. The Labute approximate surface area is 158 Å². The van der Waals surface area contributed by atoms with E-state index in [0.29, 0.717) is 17.4 Å². The number of esters is 1. The van der Waals surface area contributed by atoms with Gasteiger partial charge in [0.25, 0.3) is 0 Å². The zero-order valence-corrected chi connectivity index (χ0v) is 16.5. The molecule has 3 rings (SSSR count). The van der Waals surface area contributed by atoms with Crippen molar-refractivity contribution in [2.75, 3.05) is 24.7 Å². The van der Waals surface area contributed by atoms with Gasteiger partial charge in [0.2, 0.25) is 0 Å². The summed E-state index contributed by atoms with van der Waals surface area (Å²) in [6.07, 6.45) is 5.64. The average Bonchev–Trinajstić information content (AvgIpc) is 2.97. The van der Waals surface area contributed by atoms with Crippen LogP contribution in [0, 0.1) is 12.8 Å². The SMILES string of the molecule is Cc1c(C(=O)OCC(C)C)sc2ncnc(N3CCCCC3CCO)c12. The first-order chi connectivity index (χ1) is 12.5. The summed E-state index contributed by atoms with van der Waals surface area (Å²) in [5, 5.41) is 10.4. The van der Waals surface area contributed by atoms with Crippen molar-refractivity contribution < 1.29 is 14.6 Å². The quantitative estimate of drug-likeness (QED) is 0.776. The average molecular weight is 378 g/mol. The number of aliphatic hydroxyl groups excluding tert-OH is 1. The Morgan fingerprint density at radius 3 is 2.96 bits per heavy atom. The summed E-state index contributed by atoms with van der Waals surface area (Å²) in [4.78, 5) is 25.1. The molecular formula is C19H27N3O3S. The summed E-state index contributed by atoms with van der Waals surface area (Å²) in [6.45, 7) is 7.49. The maximum absolute atomic E-state index is 12.5. The molecule has 3 heterocycles. The van der Waals surface area contributed by atoms with Crippen LogP contribution in [0.1, 0.15) is 54.8 Å². The number of fused-ring (bicyclic) bond motifs is 1. The molecule has 0 bridgehead atoms. The molecule has 2 aromatic rings. The Hall–Kier alpha value is -1.73. The summed E-state index contributed by atoms with van der Waals surface area (Å²) in [6, 6.07) is 0.280. The van der Waals surface area contributed by atoms with E-state index >= 15 is 0 Å². The fourth-order valence-corrected chi connectivity index (χ4v) is 4.54. The summed E-state index contributed by atoms with van der Waals surface area (Å²) < 4.78 is 5.42. The number of rotatable bonds is 6. The molecule has 1 aliphatic heterocycles. The number of thiophene rings is 1. The fraction of sp³-hybridized carbons (Fsp3) is 0.632. The standard InChI is InChI=1S/C19H27N3O3S/c1-12(2)10-25-19(24)16-13(3)15-17(20-11-21-18(15)26-16)22-8-5-4-6-14(22)7-9-23/h11-12,14,23H,4-10H2,1-3H3. The Morgan fingerprint density at radius 1 is 1.42 bits per heavy atom. The van der Waals surface area contributed by atoms with Crippen LogP contribution in [-0.4, -0.2) is 46.8 Å². The van der Waals surface area contributed by atoms with Crippen molar-refractivity contribution in [1.82, 2.24) is 9.97 Å². The van der Waals surface area contributed by atoms with Gasteiger partial charge in [0.1, 0.15) is 21.9 Å². The number of aryl methyl sites for hydroxylation is 1. The number of hydrogen-bond acceptors (Lipinski definition) is 7. The van der Waals surface area contributed by atoms with Gasteiger partial charge < -0.3 is 14.7 Å². The maximum Gasteiger partial charge on any atom is 0.348 e. The van der Waals surface area contributed by atoms with Crippen molar-refractivity contribution in [3.63, 3.8) is 0 Å². The lowest BCUT2D eigenvalue weighted by Gasteiger charge is -2.36. The molecule has 0 aromatic carbocycles. The number of ether oxygens (including phenoxy) is 1. The molecule has 0 saturated carbocycles. The van der Waals surface area contributed by atoms with Gasteiger partial charge in [0.05, 0.1) is 12.0 Å². The van der Waals surface area contributed by atoms with Gasteiger partial charge in [0, 0.05) is 19.2 Å². The lowest BCUT2D eigenvalue weighted by atomic mass is 9.99. The third-order valence-electron chi connectivity index (χ3n) is 4.80. The Morgan fingerprint density at radius 2 is 2.23 bits per heavy atom. The van der Waals surface area contributed by atoms with E-state index in [0.717, 1.165) is 47.4 Å². The van der Waals surface area contributed by atoms with E-state index in [9.17, 15) is 9.90 Å². The molecule has 1 unspecified atom stereocenters. The van der Waals surface area contributed by atoms with Gasteiger partial charge in [-0.2, -0.15) is 0 Å². The number of carbonyl (C=O) groups is 1. The summed E-state index contributed by atoms with van der Waals surface area (Å²) in [5.74, 6) is 0.900. The molecule has 26 heavy (non-hydrogen) atoms. The van der Waals surface area contributed by atoms with Crippen LogP contribution in [0.3, 0.4) is 0 Å². The molecule has 1 saturated heterocycles. The smallest absolute Gasteiger partial charge is 0.348 e. The fourth-order valence-electron chi connectivity index (χ4n) is 3.50. The lowest BCUT2D eigenvalue weighted by molar-refractivity contribution is 0.0464. The molecule has 0 aliphatic carbocycles. The van der Waals surface area contributed by atoms with Gasteiger partial charge in [-0.15, -0.1) is 11.3 Å². The first kappa shape index (κ1) is 19.0. The molecule has 142 valence electrons. The topological polar surface area (TPSA) is 75.5 Å². The van der Waals surface area contributed by atoms with E-state index in [1.165, 1.54) is 17.8 Å². The van der Waals surface area contributed by atoms with Gasteiger partial charge >= 0.3 is 5.97 Å². The highest BCUT2D eigenvalue weighted by Gasteiger charge is 2.28. The van der Waals surface area contributed by atoms with Gasteiger partial charge in [-0.05, 0) is 44.1 Å². The molecular weight excluding hydrogens is 350 g/mol. The number of nitrogens with zero attached hydrogens (tertiary/aromatic N) is 3. The monoisotopic (exact) mass is 377 g/mol. The van der Waals surface area contributed by atoms with Crippen molar-refractivity contribution >= 4 is 33.3 Å². The van der Waals surface area contributed by atoms with Gasteiger partial charge in [-0.25, -0.2) is 14.8 Å². The molecule has 1 aliphatic rings. The van der Waals surface area contributed by atoms with Crippen molar-refractivity contribution in [2.45, 2.75) is 52.5 Å². The maximum atomic E-state index is 12.5. The van der Waals surface area contributed by atoms with Crippen LogP contribution in [0.25, 0.3) is 10.2 Å². The van der Waals surface area contributed by atoms with E-state index in [-0.39, 0.29) is 18.6 Å². The molecule has 2 aromatic heterocycles. The van der Waals surface area contributed by atoms with E-state index in [2.05, 4.69) is 14.9 Å². The molecule has 1 N–H and O–H groups in total. The zero-order valence-electron chi connectivity index (χ0n) is 15.7. The second-order valence-electron chi connectivity index (χ2n) is 7.28. The largest absolute Gasteiger partial charge is 0.461 e. The third kappa shape index (κ3) is 3.83. The first-order valence-electron chi connectivity index (χ1n) is 9.31. The molecule has 6 nitrogen and oxygen atoms in total. The van der Waals surface area contributed by atoms with Crippen LogP contribution in [-0.2, 0) is 4.74 Å². The summed E-state index contributed by atoms with van der Waals surface area (Å²) >= 11 is 1.37. The number of carbonyl (C=O) groups excluding carboxylic acids is 1. The molecule has 7 heteroatoms. The minimum Gasteiger partial charge on any atom is -0.461 e. The van der Waals surface area contributed by atoms with Crippen molar-refractivity contribution in [1.29, 1.82) is 0 Å². The van der Waals surface area contributed by atoms with Crippen LogP contribution < -0.4 is 4.90 Å². The first-order valence-corrected chi connectivity index (χ1v) is 10.1. The molecule has 1 fully saturated rings. The number of hydrogen-bond donors (Lipinski definition) is 1. The number of aromatic nitrogens is 2. The highest BCUT2D eigenvalue weighted by Crippen LogP contribution is 2.37. The minimum atomic E-state index is -0.282. The second kappa shape index (κ2) is 8.31. The molecule has 1 atom stereocenters. The van der Waals surface area contributed by atoms with Crippen LogP contribution in [0.5, 0.6) is 0 Å². The van der Waals surface area contributed by atoms with Crippen LogP contribution in [0.2, 0.25) is 0 Å². The number of anilines is 1. The molecule has 0 spiro atoms. The molecule has 0 amide bonds. The molecule has 0 radical (unpaired) electrons. The summed E-state index contributed by atoms with van der Waals surface area (Å²) in [5.41, 5.74) is 0.891. The van der Waals surface area contributed by atoms with Crippen molar-refractivity contribution in [3.05, 3.63) is 16.8 Å². The number of piperidine rings is 1. The Bertz CT molecular complexity index is 773. The van der Waals surface area contributed by atoms with E-state index in [4.69, 9.17) is 4.74 Å². The van der Waals surface area contributed by atoms with E-state index in [1.54, 1.807) is 6.33 Å². The Balaban J connectivity index is 1.98. The highest BCUT2D eigenvalue weighted by atomic mass is 32.1. The van der Waals surface area contributed by atoms with Gasteiger partial charge in [-0.1, -0.05) is 13.8 Å². The minimum absolute atomic E-state index is 0.171. The second-order valence-corrected chi connectivity index (χ2v) is 8.28. The van der Waals surface area contributed by atoms with E-state index < -0.39 is 0 Å². The number of aliphatic hydroxyl groups is 1. The third-order valence-corrected chi connectivity index (χ3v) is 5.98. The van der Waals surface area contributed by atoms with Crippen LogP contribution in [0.4, 0.5) is 5.82 Å². The predicted molar refractivity (Wildman–Crippen MR) is 104 cm³/mol. The predicted octanol–water partition coefficient (Wildman–Crippen LogP) is 3.55. The van der Waals surface area contributed by atoms with Gasteiger partial charge in [-0.3, -0.25) is 0 Å². The lowest BCUT2D eigenvalue weighted by Crippen LogP contribution is -2.40. The van der Waals surface area contributed by atoms with Crippen molar-refractivity contribution in [2.24, 2.45) is 5.92 Å².